The molecule has 4 unspecified atom stereocenters. The maximum Gasteiger partial charge on any atom is 0.217 e. The van der Waals surface area contributed by atoms with Crippen LogP contribution in [0.5, 0.6) is 0 Å². The van der Waals surface area contributed by atoms with Crippen molar-refractivity contribution in [2.24, 2.45) is 5.73 Å². The number of aliphatic hydroxyl groups excluding tert-OH is 1. The Bertz CT molecular complexity index is 222. The molecule has 0 aromatic carbocycles. The smallest absolute Gasteiger partial charge is 0.217 e. The molecule has 82 valence electrons. The fourth-order valence-electron chi connectivity index (χ4n) is 1.75. The second kappa shape index (κ2) is 4.25. The van der Waals surface area contributed by atoms with Crippen LogP contribution in [0.3, 0.4) is 0 Å². The molecular weight excluding hydrogens is 184 g/mol. The summed E-state index contributed by atoms with van der Waals surface area (Å²) in [6.07, 6.45) is -1.16. The van der Waals surface area contributed by atoms with Crippen molar-refractivity contribution in [2.45, 2.75) is 51.2 Å². The van der Waals surface area contributed by atoms with Crippen LogP contribution in [0.4, 0.5) is 0 Å². The lowest BCUT2D eigenvalue weighted by atomic mass is 9.92. The second-order valence-corrected chi connectivity index (χ2v) is 3.84. The van der Waals surface area contributed by atoms with Crippen molar-refractivity contribution in [3.05, 3.63) is 0 Å². The normalized spacial score (nSPS) is 43.4. The molecule has 5 nitrogen and oxygen atoms in total. The van der Waals surface area contributed by atoms with Crippen LogP contribution in [0.2, 0.25) is 0 Å². The number of nitrogens with two attached hydrogens (primary N) is 1. The van der Waals surface area contributed by atoms with E-state index in [0.717, 1.165) is 0 Å². The average molecular weight is 202 g/mol. The summed E-state index contributed by atoms with van der Waals surface area (Å²) in [5.74, 6) is -0.189. The first-order chi connectivity index (χ1) is 6.43. The Labute approximate surface area is 83.6 Å². The molecule has 4 N–H and O–H groups in total. The summed E-state index contributed by atoms with van der Waals surface area (Å²) in [5, 5.41) is 12.4. The van der Waals surface area contributed by atoms with Crippen molar-refractivity contribution < 1.29 is 14.6 Å². The molecule has 1 aliphatic heterocycles. The number of hydrogen-bond donors (Lipinski definition) is 3. The summed E-state index contributed by atoms with van der Waals surface area (Å²) >= 11 is 0. The van der Waals surface area contributed by atoms with E-state index in [2.05, 4.69) is 5.32 Å². The van der Waals surface area contributed by atoms with Gasteiger partial charge in [0.2, 0.25) is 5.91 Å². The predicted octanol–water partition coefficient (Wildman–Crippen LogP) is -1.01. The molecule has 5 atom stereocenters. The van der Waals surface area contributed by atoms with Gasteiger partial charge in [-0.3, -0.25) is 4.79 Å². The fourth-order valence-corrected chi connectivity index (χ4v) is 1.75. The standard InChI is InChI=1S/C9H18N2O3/c1-4-7(10)9(13)8(5(2)14-4)11-6(3)12/h4-5,7-9,13H,10H2,1-3H3,(H,11,12)/t4?,5-,7?,8?,9?/m1/s1. The lowest BCUT2D eigenvalue weighted by Crippen LogP contribution is -2.64. The molecule has 1 amide bonds. The third-order valence-corrected chi connectivity index (χ3v) is 2.61. The molecule has 0 spiro atoms. The van der Waals surface area contributed by atoms with Gasteiger partial charge in [0.25, 0.3) is 0 Å². The highest BCUT2D eigenvalue weighted by Crippen LogP contribution is 2.19. The highest BCUT2D eigenvalue weighted by atomic mass is 16.5. The van der Waals surface area contributed by atoms with Gasteiger partial charge >= 0.3 is 0 Å². The van der Waals surface area contributed by atoms with Gasteiger partial charge in [0.05, 0.1) is 30.4 Å². The highest BCUT2D eigenvalue weighted by Gasteiger charge is 2.39. The van der Waals surface area contributed by atoms with Crippen LogP contribution in [0, 0.1) is 0 Å². The number of ether oxygens (including phenoxy) is 1. The van der Waals surface area contributed by atoms with Gasteiger partial charge < -0.3 is 20.9 Å². The molecule has 0 radical (unpaired) electrons. The molecule has 0 saturated carbocycles. The molecule has 1 aliphatic rings. The maximum absolute atomic E-state index is 10.9. The number of carbonyl (C=O) groups excluding carboxylic acids is 1. The minimum Gasteiger partial charge on any atom is -0.389 e. The van der Waals surface area contributed by atoms with Crippen LogP contribution in [-0.2, 0) is 9.53 Å². The van der Waals surface area contributed by atoms with Crippen LogP contribution in [-0.4, -0.2) is 41.4 Å². The van der Waals surface area contributed by atoms with E-state index in [-0.39, 0.29) is 18.1 Å². The summed E-state index contributed by atoms with van der Waals surface area (Å²) in [6.45, 7) is 5.03. The molecule has 0 bridgehead atoms. The van der Waals surface area contributed by atoms with Gasteiger partial charge in [-0.1, -0.05) is 0 Å². The molecule has 0 aromatic rings. The minimum atomic E-state index is -0.752. The monoisotopic (exact) mass is 202 g/mol. The Morgan fingerprint density at radius 1 is 1.43 bits per heavy atom. The Balaban J connectivity index is 2.68. The van der Waals surface area contributed by atoms with E-state index < -0.39 is 18.2 Å². The third-order valence-electron chi connectivity index (χ3n) is 2.61. The SMILES string of the molecule is CC(=O)NC1C(O)C(N)C(C)O[C@@H]1C. The zero-order valence-electron chi connectivity index (χ0n) is 8.73. The van der Waals surface area contributed by atoms with E-state index in [1.165, 1.54) is 6.92 Å². The first-order valence-corrected chi connectivity index (χ1v) is 4.79. The molecular formula is C9H18N2O3. The highest BCUT2D eigenvalue weighted by molar-refractivity contribution is 5.73. The van der Waals surface area contributed by atoms with Crippen molar-refractivity contribution in [3.63, 3.8) is 0 Å². The van der Waals surface area contributed by atoms with Crippen LogP contribution < -0.4 is 11.1 Å². The van der Waals surface area contributed by atoms with E-state index in [1.807, 2.05) is 13.8 Å². The Morgan fingerprint density at radius 2 is 2.00 bits per heavy atom. The summed E-state index contributed by atoms with van der Waals surface area (Å²) in [6, 6.07) is -0.873. The Hall–Kier alpha value is -0.650. The van der Waals surface area contributed by atoms with Crippen LogP contribution >= 0.6 is 0 Å². The van der Waals surface area contributed by atoms with E-state index >= 15 is 0 Å². The van der Waals surface area contributed by atoms with Gasteiger partial charge in [-0.25, -0.2) is 0 Å². The Morgan fingerprint density at radius 3 is 2.50 bits per heavy atom. The van der Waals surface area contributed by atoms with Gasteiger partial charge in [0.1, 0.15) is 0 Å². The van der Waals surface area contributed by atoms with Crippen molar-refractivity contribution in [2.75, 3.05) is 0 Å². The fraction of sp³-hybridized carbons (Fsp3) is 0.889. The zero-order chi connectivity index (χ0) is 10.9. The van der Waals surface area contributed by atoms with E-state index in [9.17, 15) is 9.90 Å². The number of hydrogen-bond acceptors (Lipinski definition) is 4. The van der Waals surface area contributed by atoms with Gasteiger partial charge in [-0.2, -0.15) is 0 Å². The maximum atomic E-state index is 10.9. The zero-order valence-corrected chi connectivity index (χ0v) is 8.73. The number of amides is 1. The van der Waals surface area contributed by atoms with Gasteiger partial charge in [-0.15, -0.1) is 0 Å². The lowest BCUT2D eigenvalue weighted by Gasteiger charge is -2.41. The molecule has 14 heavy (non-hydrogen) atoms. The first-order valence-electron chi connectivity index (χ1n) is 4.79. The Kier molecular flexibility index (Phi) is 3.47. The topological polar surface area (TPSA) is 84.6 Å². The van der Waals surface area contributed by atoms with Crippen molar-refractivity contribution in [1.82, 2.24) is 5.32 Å². The average Bonchev–Trinajstić information content (AvgIpc) is 2.09. The van der Waals surface area contributed by atoms with Crippen molar-refractivity contribution >= 4 is 5.91 Å². The third kappa shape index (κ3) is 2.23. The number of rotatable bonds is 1. The van der Waals surface area contributed by atoms with E-state index in [1.54, 1.807) is 0 Å². The second-order valence-electron chi connectivity index (χ2n) is 3.84. The largest absolute Gasteiger partial charge is 0.389 e. The lowest BCUT2D eigenvalue weighted by molar-refractivity contribution is -0.135. The summed E-state index contributed by atoms with van der Waals surface area (Å²) in [4.78, 5) is 10.9. The van der Waals surface area contributed by atoms with Gasteiger partial charge in [0.15, 0.2) is 0 Å². The first kappa shape index (κ1) is 11.4. The molecule has 1 saturated heterocycles. The van der Waals surface area contributed by atoms with E-state index in [0.29, 0.717) is 0 Å². The summed E-state index contributed by atoms with van der Waals surface area (Å²) < 4.78 is 5.48. The van der Waals surface area contributed by atoms with Crippen LogP contribution in [0.1, 0.15) is 20.8 Å². The molecule has 1 rings (SSSR count). The quantitative estimate of drug-likeness (QED) is 0.508. The van der Waals surface area contributed by atoms with Crippen molar-refractivity contribution in [3.8, 4) is 0 Å². The summed E-state index contributed by atoms with van der Waals surface area (Å²) in [5.41, 5.74) is 5.72. The molecule has 0 aromatic heterocycles. The molecule has 0 aliphatic carbocycles. The van der Waals surface area contributed by atoms with Crippen molar-refractivity contribution in [1.29, 1.82) is 0 Å². The number of nitrogens with one attached hydrogen (secondary N) is 1. The van der Waals surface area contributed by atoms with Crippen LogP contribution in [0.15, 0.2) is 0 Å². The van der Waals surface area contributed by atoms with Crippen LogP contribution in [0.25, 0.3) is 0 Å². The summed E-state index contributed by atoms with van der Waals surface area (Å²) in [7, 11) is 0. The minimum absolute atomic E-state index is 0.189. The van der Waals surface area contributed by atoms with Gasteiger partial charge in [0, 0.05) is 6.92 Å². The number of carbonyl (C=O) groups is 1. The molecule has 1 fully saturated rings. The van der Waals surface area contributed by atoms with Gasteiger partial charge in [-0.05, 0) is 13.8 Å². The number of aliphatic hydroxyl groups is 1. The van der Waals surface area contributed by atoms with E-state index in [4.69, 9.17) is 10.5 Å². The molecule has 1 heterocycles. The molecule has 5 heteroatoms. The predicted molar refractivity (Wildman–Crippen MR) is 51.6 cm³/mol.